The van der Waals surface area contributed by atoms with Crippen molar-refractivity contribution in [3.63, 3.8) is 0 Å². The molecule has 0 spiro atoms. The van der Waals surface area contributed by atoms with Crippen molar-refractivity contribution < 1.29 is 9.50 Å². The lowest BCUT2D eigenvalue weighted by Crippen LogP contribution is -2.41. The van der Waals surface area contributed by atoms with Gasteiger partial charge in [0.05, 0.1) is 0 Å². The van der Waals surface area contributed by atoms with Gasteiger partial charge in [-0.1, -0.05) is 38.7 Å². The van der Waals surface area contributed by atoms with Crippen molar-refractivity contribution >= 4 is 0 Å². The Kier molecular flexibility index (Phi) is 5.52. The molecule has 1 nitrogen and oxygen atoms in total. The largest absolute Gasteiger partial charge is 0.505 e. The number of fused-ring (bicyclic) bond motifs is 3. The highest BCUT2D eigenvalue weighted by Crippen LogP contribution is 2.60. The van der Waals surface area contributed by atoms with E-state index >= 15 is 0 Å². The summed E-state index contributed by atoms with van der Waals surface area (Å²) in [5.41, 5.74) is 2.21. The Labute approximate surface area is 146 Å². The van der Waals surface area contributed by atoms with Crippen LogP contribution in [0.2, 0.25) is 0 Å². The summed E-state index contributed by atoms with van der Waals surface area (Å²) in [6, 6.07) is 4.87. The maximum Gasteiger partial charge on any atom is 0.165 e. The lowest BCUT2D eigenvalue weighted by Gasteiger charge is -2.54. The normalized spacial score (nSPS) is 29.1. The second-order valence-electron chi connectivity index (χ2n) is 8.60. The monoisotopic (exact) mass is 332 g/mol. The molecule has 0 amide bonds. The smallest absolute Gasteiger partial charge is 0.165 e. The van der Waals surface area contributed by atoms with Gasteiger partial charge in [0, 0.05) is 0 Å². The summed E-state index contributed by atoms with van der Waals surface area (Å²) in [6.45, 7) is 2.29. The molecule has 134 valence electrons. The van der Waals surface area contributed by atoms with Gasteiger partial charge in [-0.3, -0.25) is 0 Å². The fraction of sp³-hybridized carbons (Fsp3) is 0.727. The summed E-state index contributed by atoms with van der Waals surface area (Å²) in [5.74, 6) is -0.719. The van der Waals surface area contributed by atoms with Gasteiger partial charge < -0.3 is 5.11 Å². The van der Waals surface area contributed by atoms with Crippen molar-refractivity contribution in [2.24, 2.45) is 10.8 Å². The number of phenolic OH excluding ortho intramolecular Hbond substituents is 1. The first-order valence-corrected chi connectivity index (χ1v) is 10.0. The maximum atomic E-state index is 13.5. The van der Waals surface area contributed by atoms with Crippen LogP contribution in [0.1, 0.15) is 89.5 Å². The maximum absolute atomic E-state index is 13.5. The van der Waals surface area contributed by atoms with Crippen molar-refractivity contribution in [3.8, 4) is 5.75 Å². The summed E-state index contributed by atoms with van der Waals surface area (Å²) < 4.78 is 13.5. The molecule has 0 aromatic heterocycles. The highest BCUT2D eigenvalue weighted by atomic mass is 19.1. The fourth-order valence-electron chi connectivity index (χ4n) is 5.13. The quantitative estimate of drug-likeness (QED) is 0.520. The predicted octanol–water partition coefficient (Wildman–Crippen LogP) is 6.77. The Morgan fingerprint density at radius 1 is 0.917 bits per heavy atom. The van der Waals surface area contributed by atoms with Gasteiger partial charge >= 0.3 is 0 Å². The number of phenols is 1. The summed E-state index contributed by atoms with van der Waals surface area (Å²) in [6.07, 6.45) is 17.5. The molecule has 1 N–H and O–H groups in total. The van der Waals surface area contributed by atoms with Crippen LogP contribution in [0.5, 0.6) is 5.75 Å². The molecule has 0 radical (unpaired) electrons. The second-order valence-corrected chi connectivity index (χ2v) is 8.60. The van der Waals surface area contributed by atoms with Crippen LogP contribution in [0.25, 0.3) is 0 Å². The molecule has 2 bridgehead atoms. The minimum atomic E-state index is -0.483. The zero-order chi connectivity index (χ0) is 17.0. The molecule has 3 aliphatic rings. The molecule has 4 rings (SSSR count). The molecule has 1 aromatic carbocycles. The van der Waals surface area contributed by atoms with Crippen LogP contribution in [0, 0.1) is 16.6 Å². The van der Waals surface area contributed by atoms with Crippen LogP contribution in [-0.4, -0.2) is 5.11 Å². The highest BCUT2D eigenvalue weighted by molar-refractivity contribution is 5.28. The third kappa shape index (κ3) is 3.95. The Bertz CT molecular complexity index is 526. The van der Waals surface area contributed by atoms with Crippen LogP contribution < -0.4 is 0 Å². The van der Waals surface area contributed by atoms with E-state index in [4.69, 9.17) is 0 Å². The van der Waals surface area contributed by atoms with Gasteiger partial charge in [0.15, 0.2) is 11.6 Å². The Hall–Kier alpha value is -1.05. The molecule has 0 unspecified atom stereocenters. The Morgan fingerprint density at radius 3 is 2.12 bits per heavy atom. The van der Waals surface area contributed by atoms with Gasteiger partial charge in [-0.05, 0) is 86.3 Å². The average Bonchev–Trinajstić information content (AvgIpc) is 2.62. The van der Waals surface area contributed by atoms with Crippen molar-refractivity contribution in [1.82, 2.24) is 0 Å². The van der Waals surface area contributed by atoms with Gasteiger partial charge in [0.2, 0.25) is 0 Å². The number of rotatable bonds is 8. The third-order valence-electron chi connectivity index (χ3n) is 7.07. The molecular weight excluding hydrogens is 299 g/mol. The van der Waals surface area contributed by atoms with Crippen molar-refractivity contribution in [2.75, 3.05) is 0 Å². The molecule has 0 heterocycles. The van der Waals surface area contributed by atoms with Gasteiger partial charge in [-0.2, -0.15) is 0 Å². The topological polar surface area (TPSA) is 20.2 Å². The van der Waals surface area contributed by atoms with Gasteiger partial charge in [-0.25, -0.2) is 4.39 Å². The van der Waals surface area contributed by atoms with E-state index in [1.165, 1.54) is 89.2 Å². The number of hydrogen-bond donors (Lipinski definition) is 1. The molecule has 0 atom stereocenters. The van der Waals surface area contributed by atoms with Crippen LogP contribution in [0.15, 0.2) is 18.2 Å². The molecular formula is C22H33FO. The van der Waals surface area contributed by atoms with Crippen molar-refractivity contribution in [1.29, 1.82) is 0 Å². The van der Waals surface area contributed by atoms with Gasteiger partial charge in [-0.15, -0.1) is 0 Å². The fourth-order valence-corrected chi connectivity index (χ4v) is 5.13. The van der Waals surface area contributed by atoms with Crippen LogP contribution in [0.4, 0.5) is 4.39 Å². The van der Waals surface area contributed by atoms with E-state index in [9.17, 15) is 9.50 Å². The number of hydrogen-bond acceptors (Lipinski definition) is 1. The van der Waals surface area contributed by atoms with E-state index in [-0.39, 0.29) is 5.75 Å². The first kappa shape index (κ1) is 17.8. The lowest BCUT2D eigenvalue weighted by atomic mass is 9.51. The molecule has 24 heavy (non-hydrogen) atoms. The molecule has 0 aliphatic heterocycles. The SMILES string of the molecule is CCCCCCC12CCC(CCc3ccc(O)c(F)c3)(CC1)CC2. The minimum absolute atomic E-state index is 0.236. The minimum Gasteiger partial charge on any atom is -0.505 e. The summed E-state index contributed by atoms with van der Waals surface area (Å²) >= 11 is 0. The van der Waals surface area contributed by atoms with Crippen molar-refractivity contribution in [2.45, 2.75) is 90.4 Å². The number of benzene rings is 1. The number of unbranched alkanes of at least 4 members (excludes halogenated alkanes) is 3. The van der Waals surface area contributed by atoms with E-state index in [0.29, 0.717) is 10.8 Å². The van der Waals surface area contributed by atoms with Gasteiger partial charge in [0.1, 0.15) is 0 Å². The molecule has 1 aromatic rings. The zero-order valence-corrected chi connectivity index (χ0v) is 15.2. The number of aryl methyl sites for hydroxylation is 1. The van der Waals surface area contributed by atoms with Crippen LogP contribution in [0.3, 0.4) is 0 Å². The molecule has 3 aliphatic carbocycles. The second kappa shape index (κ2) is 7.45. The van der Waals surface area contributed by atoms with E-state index in [1.54, 1.807) is 0 Å². The van der Waals surface area contributed by atoms with E-state index < -0.39 is 5.82 Å². The predicted molar refractivity (Wildman–Crippen MR) is 97.7 cm³/mol. The Balaban J connectivity index is 1.50. The molecule has 3 fully saturated rings. The number of aromatic hydroxyl groups is 1. The molecule has 3 saturated carbocycles. The van der Waals surface area contributed by atoms with Gasteiger partial charge in [0.25, 0.3) is 0 Å². The molecule has 0 saturated heterocycles. The lowest BCUT2D eigenvalue weighted by molar-refractivity contribution is -0.0205. The van der Waals surface area contributed by atoms with Crippen LogP contribution in [-0.2, 0) is 6.42 Å². The number of halogens is 1. The summed E-state index contributed by atoms with van der Waals surface area (Å²) in [7, 11) is 0. The highest BCUT2D eigenvalue weighted by Gasteiger charge is 2.47. The first-order valence-electron chi connectivity index (χ1n) is 10.0. The molecule has 2 heteroatoms. The summed E-state index contributed by atoms with van der Waals surface area (Å²) in [4.78, 5) is 0. The van der Waals surface area contributed by atoms with Crippen LogP contribution >= 0.6 is 0 Å². The Morgan fingerprint density at radius 2 is 1.54 bits per heavy atom. The average molecular weight is 333 g/mol. The van der Waals surface area contributed by atoms with E-state index in [2.05, 4.69) is 6.92 Å². The van der Waals surface area contributed by atoms with E-state index in [1.807, 2.05) is 6.07 Å². The zero-order valence-electron chi connectivity index (χ0n) is 15.2. The van der Waals surface area contributed by atoms with E-state index in [0.717, 1.165) is 12.0 Å². The third-order valence-corrected chi connectivity index (χ3v) is 7.07. The first-order chi connectivity index (χ1) is 11.6. The summed E-state index contributed by atoms with van der Waals surface area (Å²) in [5, 5.41) is 9.32. The standard InChI is InChI=1S/C22H33FO/c1-2-3-4-5-9-21-11-14-22(15-12-21,16-13-21)10-8-18-6-7-20(24)19(23)17-18/h6-7,17,24H,2-5,8-16H2,1H3. The van der Waals surface area contributed by atoms with Crippen molar-refractivity contribution in [3.05, 3.63) is 29.6 Å².